The maximum atomic E-state index is 11.0. The van der Waals surface area contributed by atoms with Crippen LogP contribution in [0.4, 0.5) is 0 Å². The molecule has 2 atom stereocenters. The number of nitrogens with zero attached hydrogens (tertiary/aromatic N) is 1. The highest BCUT2D eigenvalue weighted by Gasteiger charge is 2.25. The van der Waals surface area contributed by atoms with Crippen LogP contribution in [0.15, 0.2) is 24.3 Å². The van der Waals surface area contributed by atoms with E-state index in [-0.39, 0.29) is 6.10 Å². The van der Waals surface area contributed by atoms with Crippen LogP contribution in [0.25, 0.3) is 0 Å². The lowest BCUT2D eigenvalue weighted by Gasteiger charge is -2.17. The largest absolute Gasteiger partial charge is 0.393 e. The number of amides is 1. The van der Waals surface area contributed by atoms with Gasteiger partial charge in [0, 0.05) is 18.7 Å². The van der Waals surface area contributed by atoms with Crippen molar-refractivity contribution in [3.8, 4) is 0 Å². The molecule has 2 unspecified atom stereocenters. The molecule has 0 aliphatic carbocycles. The summed E-state index contributed by atoms with van der Waals surface area (Å²) in [5.74, 6) is -0.00761. The van der Waals surface area contributed by atoms with Crippen molar-refractivity contribution in [1.82, 2.24) is 4.90 Å². The molecular formula is C14H20N2O2. The van der Waals surface area contributed by atoms with E-state index in [1.165, 1.54) is 5.56 Å². The summed E-state index contributed by atoms with van der Waals surface area (Å²) >= 11 is 0. The third-order valence-electron chi connectivity index (χ3n) is 3.64. The molecule has 1 saturated heterocycles. The lowest BCUT2D eigenvalue weighted by Crippen LogP contribution is -2.24. The van der Waals surface area contributed by atoms with Gasteiger partial charge in [-0.2, -0.15) is 0 Å². The van der Waals surface area contributed by atoms with E-state index in [4.69, 9.17) is 5.73 Å². The predicted octanol–water partition coefficient (Wildman–Crippen LogP) is 0.988. The molecule has 1 heterocycles. The number of aliphatic hydroxyl groups excluding tert-OH is 1. The minimum Gasteiger partial charge on any atom is -0.393 e. The molecular weight excluding hydrogens is 228 g/mol. The van der Waals surface area contributed by atoms with E-state index in [0.717, 1.165) is 26.1 Å². The van der Waals surface area contributed by atoms with Crippen LogP contribution in [0.5, 0.6) is 0 Å². The van der Waals surface area contributed by atoms with Crippen molar-refractivity contribution in [2.75, 3.05) is 13.1 Å². The van der Waals surface area contributed by atoms with Gasteiger partial charge < -0.3 is 10.8 Å². The zero-order valence-electron chi connectivity index (χ0n) is 10.7. The smallest absolute Gasteiger partial charge is 0.248 e. The lowest BCUT2D eigenvalue weighted by atomic mass is 10.0. The molecule has 0 aromatic heterocycles. The van der Waals surface area contributed by atoms with Gasteiger partial charge in [-0.1, -0.05) is 12.1 Å². The van der Waals surface area contributed by atoms with Crippen LogP contribution < -0.4 is 5.73 Å². The second-order valence-corrected chi connectivity index (χ2v) is 5.09. The summed E-state index contributed by atoms with van der Waals surface area (Å²) in [6.07, 6.45) is 0.823. The third kappa shape index (κ3) is 3.09. The number of carbonyl (C=O) groups excluding carboxylic acids is 1. The number of rotatable bonds is 4. The fraction of sp³-hybridized carbons (Fsp3) is 0.500. The number of nitrogens with two attached hydrogens (primary N) is 1. The van der Waals surface area contributed by atoms with Gasteiger partial charge in [0.2, 0.25) is 5.91 Å². The number of hydrogen-bond donors (Lipinski definition) is 2. The minimum atomic E-state index is -0.392. The van der Waals surface area contributed by atoms with Crippen LogP contribution in [-0.4, -0.2) is 35.1 Å². The molecule has 4 nitrogen and oxygen atoms in total. The van der Waals surface area contributed by atoms with Gasteiger partial charge >= 0.3 is 0 Å². The topological polar surface area (TPSA) is 66.6 Å². The summed E-state index contributed by atoms with van der Waals surface area (Å²) in [6, 6.07) is 7.41. The molecule has 0 radical (unpaired) electrons. The molecule has 98 valence electrons. The summed E-state index contributed by atoms with van der Waals surface area (Å²) in [5, 5.41) is 9.56. The first-order valence-corrected chi connectivity index (χ1v) is 6.35. The van der Waals surface area contributed by atoms with Crippen molar-refractivity contribution < 1.29 is 9.90 Å². The molecule has 1 aliphatic heterocycles. The zero-order valence-corrected chi connectivity index (χ0v) is 10.7. The quantitative estimate of drug-likeness (QED) is 0.835. The predicted molar refractivity (Wildman–Crippen MR) is 70.0 cm³/mol. The Balaban J connectivity index is 1.92. The fourth-order valence-corrected chi connectivity index (χ4v) is 2.43. The SMILES string of the molecule is CC(O)C1CCN(Cc2ccc(C(N)=O)cc2)C1. The Morgan fingerprint density at radius 3 is 2.67 bits per heavy atom. The van der Waals surface area contributed by atoms with Crippen molar-refractivity contribution >= 4 is 5.91 Å². The van der Waals surface area contributed by atoms with E-state index in [2.05, 4.69) is 4.90 Å². The van der Waals surface area contributed by atoms with E-state index < -0.39 is 5.91 Å². The monoisotopic (exact) mass is 248 g/mol. The van der Waals surface area contributed by atoms with E-state index in [1.54, 1.807) is 12.1 Å². The summed E-state index contributed by atoms with van der Waals surface area (Å²) < 4.78 is 0. The minimum absolute atomic E-state index is 0.229. The van der Waals surface area contributed by atoms with Crippen LogP contribution in [0, 0.1) is 5.92 Å². The first-order valence-electron chi connectivity index (χ1n) is 6.35. The maximum Gasteiger partial charge on any atom is 0.248 e. The van der Waals surface area contributed by atoms with Crippen molar-refractivity contribution in [3.63, 3.8) is 0 Å². The van der Waals surface area contributed by atoms with E-state index >= 15 is 0 Å². The van der Waals surface area contributed by atoms with Crippen LogP contribution in [0.3, 0.4) is 0 Å². The molecule has 1 aromatic rings. The molecule has 18 heavy (non-hydrogen) atoms. The lowest BCUT2D eigenvalue weighted by molar-refractivity contribution is 0.1000. The molecule has 4 heteroatoms. The van der Waals surface area contributed by atoms with Gasteiger partial charge in [-0.25, -0.2) is 0 Å². The van der Waals surface area contributed by atoms with Gasteiger partial charge in [0.15, 0.2) is 0 Å². The third-order valence-corrected chi connectivity index (χ3v) is 3.64. The van der Waals surface area contributed by atoms with Crippen LogP contribution in [0.1, 0.15) is 29.3 Å². The zero-order chi connectivity index (χ0) is 13.1. The van der Waals surface area contributed by atoms with Crippen LogP contribution in [0.2, 0.25) is 0 Å². The standard InChI is InChI=1S/C14H20N2O2/c1-10(17)13-6-7-16(9-13)8-11-2-4-12(5-3-11)14(15)18/h2-5,10,13,17H,6-9H2,1H3,(H2,15,18). The van der Waals surface area contributed by atoms with Gasteiger partial charge in [0.25, 0.3) is 0 Å². The Hall–Kier alpha value is -1.39. The number of carbonyl (C=O) groups is 1. The molecule has 1 aliphatic rings. The van der Waals surface area contributed by atoms with Crippen LogP contribution >= 0.6 is 0 Å². The van der Waals surface area contributed by atoms with Crippen molar-refractivity contribution in [3.05, 3.63) is 35.4 Å². The molecule has 0 bridgehead atoms. The van der Waals surface area contributed by atoms with Gasteiger partial charge in [-0.05, 0) is 43.5 Å². The Morgan fingerprint density at radius 1 is 1.50 bits per heavy atom. The molecule has 2 rings (SSSR count). The molecule has 1 aromatic carbocycles. The second-order valence-electron chi connectivity index (χ2n) is 5.09. The maximum absolute atomic E-state index is 11.0. The summed E-state index contributed by atoms with van der Waals surface area (Å²) in [4.78, 5) is 13.3. The van der Waals surface area contributed by atoms with E-state index in [0.29, 0.717) is 11.5 Å². The number of likely N-dealkylation sites (tertiary alicyclic amines) is 1. The average Bonchev–Trinajstić information content (AvgIpc) is 2.78. The van der Waals surface area contributed by atoms with E-state index in [1.807, 2.05) is 19.1 Å². The van der Waals surface area contributed by atoms with Crippen molar-refractivity contribution in [2.24, 2.45) is 11.7 Å². The molecule has 0 saturated carbocycles. The van der Waals surface area contributed by atoms with E-state index in [9.17, 15) is 9.90 Å². The highest BCUT2D eigenvalue weighted by atomic mass is 16.3. The first kappa shape index (κ1) is 13.1. The number of primary amides is 1. The fourth-order valence-electron chi connectivity index (χ4n) is 2.43. The summed E-state index contributed by atoms with van der Waals surface area (Å²) in [7, 11) is 0. The Bertz CT molecular complexity index is 414. The Morgan fingerprint density at radius 2 is 2.17 bits per heavy atom. The van der Waals surface area contributed by atoms with Gasteiger partial charge in [0.1, 0.15) is 0 Å². The highest BCUT2D eigenvalue weighted by molar-refractivity contribution is 5.92. The molecule has 1 fully saturated rings. The number of aliphatic hydroxyl groups is 1. The molecule has 0 spiro atoms. The summed E-state index contributed by atoms with van der Waals surface area (Å²) in [6.45, 7) is 4.68. The first-order chi connectivity index (χ1) is 8.56. The van der Waals surface area contributed by atoms with Crippen molar-refractivity contribution in [1.29, 1.82) is 0 Å². The molecule has 3 N–H and O–H groups in total. The van der Waals surface area contributed by atoms with Gasteiger partial charge in [0.05, 0.1) is 6.10 Å². The van der Waals surface area contributed by atoms with Crippen molar-refractivity contribution in [2.45, 2.75) is 26.0 Å². The van der Waals surface area contributed by atoms with Crippen LogP contribution in [-0.2, 0) is 6.54 Å². The molecule has 1 amide bonds. The normalized spacial score (nSPS) is 22.0. The van der Waals surface area contributed by atoms with Gasteiger partial charge in [-0.15, -0.1) is 0 Å². The summed E-state index contributed by atoms with van der Waals surface area (Å²) in [5.41, 5.74) is 6.92. The number of hydrogen-bond acceptors (Lipinski definition) is 3. The van der Waals surface area contributed by atoms with Gasteiger partial charge in [-0.3, -0.25) is 9.69 Å². The average molecular weight is 248 g/mol. The Labute approximate surface area is 107 Å². The number of benzene rings is 1. The Kier molecular flexibility index (Phi) is 3.99. The second kappa shape index (κ2) is 5.50. The highest BCUT2D eigenvalue weighted by Crippen LogP contribution is 2.21.